The summed E-state index contributed by atoms with van der Waals surface area (Å²) in [5, 5.41) is 14.1. The number of amides is 1. The summed E-state index contributed by atoms with van der Waals surface area (Å²) in [6, 6.07) is 3.42. The molecular formula is C13H15ClN2O3. The van der Waals surface area contributed by atoms with Gasteiger partial charge in [-0.25, -0.2) is 0 Å². The number of rotatable bonds is 1. The molecule has 1 fully saturated rings. The molecule has 1 saturated heterocycles. The Morgan fingerprint density at radius 3 is 2.79 bits per heavy atom. The second-order valence-corrected chi connectivity index (χ2v) is 5.31. The average molecular weight is 283 g/mol. The maximum atomic E-state index is 12.2. The molecule has 1 unspecified atom stereocenters. The van der Waals surface area contributed by atoms with Gasteiger partial charge in [0.15, 0.2) is 0 Å². The van der Waals surface area contributed by atoms with Crippen LogP contribution in [0.15, 0.2) is 12.1 Å². The van der Waals surface area contributed by atoms with Gasteiger partial charge in [-0.15, -0.1) is 0 Å². The van der Waals surface area contributed by atoms with Crippen molar-refractivity contribution in [1.29, 1.82) is 0 Å². The second-order valence-electron chi connectivity index (χ2n) is 4.87. The van der Waals surface area contributed by atoms with Crippen molar-refractivity contribution in [2.75, 3.05) is 31.6 Å². The average Bonchev–Trinajstić information content (AvgIpc) is 2.66. The third-order valence-electron chi connectivity index (χ3n) is 3.70. The number of ether oxygens (including phenoxy) is 1. The van der Waals surface area contributed by atoms with E-state index in [1.165, 1.54) is 0 Å². The molecule has 102 valence electrons. The van der Waals surface area contributed by atoms with Gasteiger partial charge in [-0.3, -0.25) is 9.69 Å². The molecule has 1 atom stereocenters. The topological polar surface area (TPSA) is 61.8 Å². The number of anilines is 1. The summed E-state index contributed by atoms with van der Waals surface area (Å²) < 4.78 is 5.26. The Hall–Kier alpha value is -1.14. The normalized spacial score (nSPS) is 27.2. The van der Waals surface area contributed by atoms with Crippen LogP contribution < -0.4 is 5.32 Å². The van der Waals surface area contributed by atoms with Gasteiger partial charge in [-0.1, -0.05) is 11.6 Å². The van der Waals surface area contributed by atoms with Crippen LogP contribution in [0, 0.1) is 6.92 Å². The molecule has 2 heterocycles. The molecule has 0 aromatic heterocycles. The van der Waals surface area contributed by atoms with Crippen LogP contribution in [0.4, 0.5) is 5.69 Å². The first-order valence-electron chi connectivity index (χ1n) is 6.20. The number of benzene rings is 1. The van der Waals surface area contributed by atoms with E-state index >= 15 is 0 Å². The molecule has 0 radical (unpaired) electrons. The molecule has 2 aliphatic heterocycles. The number of aryl methyl sites for hydroxylation is 1. The SMILES string of the molecule is Cc1cc(Cl)cc2c1NC(=O)C2(O)N1CCOCC1. The number of carbonyl (C=O) groups excluding carboxylic acids is 1. The Morgan fingerprint density at radius 1 is 1.42 bits per heavy atom. The van der Waals surface area contributed by atoms with Crippen molar-refractivity contribution in [2.45, 2.75) is 12.6 Å². The van der Waals surface area contributed by atoms with Crippen molar-refractivity contribution < 1.29 is 14.6 Å². The zero-order chi connectivity index (χ0) is 13.6. The number of hydrogen-bond donors (Lipinski definition) is 2. The fourth-order valence-electron chi connectivity index (χ4n) is 2.71. The predicted octanol–water partition coefficient (Wildman–Crippen LogP) is 1.08. The molecule has 0 aliphatic carbocycles. The Morgan fingerprint density at radius 2 is 2.11 bits per heavy atom. The van der Waals surface area contributed by atoms with Crippen molar-refractivity contribution in [3.05, 3.63) is 28.3 Å². The van der Waals surface area contributed by atoms with Crippen LogP contribution in [-0.2, 0) is 15.3 Å². The van der Waals surface area contributed by atoms with Crippen LogP contribution in [0.25, 0.3) is 0 Å². The highest BCUT2D eigenvalue weighted by atomic mass is 35.5. The van der Waals surface area contributed by atoms with Crippen LogP contribution in [-0.4, -0.2) is 42.2 Å². The minimum Gasteiger partial charge on any atom is -0.379 e. The van der Waals surface area contributed by atoms with Crippen LogP contribution in [0.3, 0.4) is 0 Å². The van der Waals surface area contributed by atoms with Gasteiger partial charge in [0.1, 0.15) is 0 Å². The van der Waals surface area contributed by atoms with E-state index in [9.17, 15) is 9.90 Å². The van der Waals surface area contributed by atoms with E-state index in [-0.39, 0.29) is 0 Å². The third-order valence-corrected chi connectivity index (χ3v) is 3.92. The van der Waals surface area contributed by atoms with E-state index in [0.717, 1.165) is 5.56 Å². The molecule has 19 heavy (non-hydrogen) atoms. The molecule has 0 bridgehead atoms. The van der Waals surface area contributed by atoms with E-state index in [0.29, 0.717) is 42.6 Å². The maximum Gasteiger partial charge on any atom is 0.276 e. The summed E-state index contributed by atoms with van der Waals surface area (Å²) >= 11 is 6.05. The minimum absolute atomic E-state index is 0.422. The van der Waals surface area contributed by atoms with Gasteiger partial charge in [0.2, 0.25) is 5.72 Å². The van der Waals surface area contributed by atoms with E-state index in [1.807, 2.05) is 6.92 Å². The molecule has 2 N–H and O–H groups in total. The highest BCUT2D eigenvalue weighted by Crippen LogP contribution is 2.42. The van der Waals surface area contributed by atoms with E-state index < -0.39 is 11.6 Å². The summed E-state index contributed by atoms with van der Waals surface area (Å²) in [5.74, 6) is -0.422. The molecule has 3 rings (SSSR count). The van der Waals surface area contributed by atoms with Gasteiger partial charge < -0.3 is 15.2 Å². The number of morpholine rings is 1. The molecular weight excluding hydrogens is 268 g/mol. The molecule has 1 aromatic rings. The van der Waals surface area contributed by atoms with Gasteiger partial charge in [-0.05, 0) is 24.6 Å². The van der Waals surface area contributed by atoms with Gasteiger partial charge >= 0.3 is 0 Å². The van der Waals surface area contributed by atoms with Crippen LogP contribution in [0.2, 0.25) is 5.02 Å². The molecule has 2 aliphatic rings. The summed E-state index contributed by atoms with van der Waals surface area (Å²) in [5.41, 5.74) is 0.391. The molecule has 6 heteroatoms. The quantitative estimate of drug-likeness (QED) is 0.809. The fourth-order valence-corrected chi connectivity index (χ4v) is 2.98. The largest absolute Gasteiger partial charge is 0.379 e. The Bertz CT molecular complexity index is 543. The number of carbonyl (C=O) groups is 1. The van der Waals surface area contributed by atoms with Crippen molar-refractivity contribution in [3.8, 4) is 0 Å². The Balaban J connectivity index is 2.10. The monoisotopic (exact) mass is 282 g/mol. The van der Waals surface area contributed by atoms with Crippen molar-refractivity contribution >= 4 is 23.2 Å². The zero-order valence-corrected chi connectivity index (χ0v) is 11.3. The summed E-state index contributed by atoms with van der Waals surface area (Å²) in [6.07, 6.45) is 0. The fraction of sp³-hybridized carbons (Fsp3) is 0.462. The predicted molar refractivity (Wildman–Crippen MR) is 71.1 cm³/mol. The van der Waals surface area contributed by atoms with Crippen LogP contribution >= 0.6 is 11.6 Å². The summed E-state index contributed by atoms with van der Waals surface area (Å²) in [4.78, 5) is 14.0. The maximum absolute atomic E-state index is 12.2. The van der Waals surface area contributed by atoms with E-state index in [4.69, 9.17) is 16.3 Å². The van der Waals surface area contributed by atoms with Gasteiger partial charge in [0.25, 0.3) is 5.91 Å². The van der Waals surface area contributed by atoms with Gasteiger partial charge in [0, 0.05) is 23.7 Å². The van der Waals surface area contributed by atoms with Gasteiger partial charge in [0.05, 0.1) is 18.9 Å². The zero-order valence-electron chi connectivity index (χ0n) is 10.6. The lowest BCUT2D eigenvalue weighted by Crippen LogP contribution is -2.55. The Labute approximate surface area is 116 Å². The van der Waals surface area contributed by atoms with Gasteiger partial charge in [-0.2, -0.15) is 0 Å². The van der Waals surface area contributed by atoms with Crippen LogP contribution in [0.5, 0.6) is 0 Å². The number of nitrogens with one attached hydrogen (secondary N) is 1. The number of aliphatic hydroxyl groups is 1. The van der Waals surface area contributed by atoms with Crippen molar-refractivity contribution in [1.82, 2.24) is 4.90 Å². The molecule has 0 saturated carbocycles. The summed E-state index contributed by atoms with van der Waals surface area (Å²) in [7, 11) is 0. The Kier molecular flexibility index (Phi) is 3.02. The van der Waals surface area contributed by atoms with Crippen LogP contribution in [0.1, 0.15) is 11.1 Å². The number of nitrogens with zero attached hydrogens (tertiary/aromatic N) is 1. The number of hydrogen-bond acceptors (Lipinski definition) is 4. The first kappa shape index (κ1) is 12.9. The number of fused-ring (bicyclic) bond motifs is 1. The second kappa shape index (κ2) is 4.45. The first-order valence-corrected chi connectivity index (χ1v) is 6.58. The summed E-state index contributed by atoms with van der Waals surface area (Å²) in [6.45, 7) is 3.88. The lowest BCUT2D eigenvalue weighted by Gasteiger charge is -2.37. The molecule has 0 spiro atoms. The number of halogens is 1. The molecule has 5 nitrogen and oxygen atoms in total. The molecule has 1 amide bonds. The molecule has 1 aromatic carbocycles. The highest BCUT2D eigenvalue weighted by Gasteiger charge is 2.50. The lowest BCUT2D eigenvalue weighted by molar-refractivity contribution is -0.168. The first-order chi connectivity index (χ1) is 9.03. The van der Waals surface area contributed by atoms with E-state index in [2.05, 4.69) is 5.32 Å². The van der Waals surface area contributed by atoms with Crippen molar-refractivity contribution in [2.24, 2.45) is 0 Å². The highest BCUT2D eigenvalue weighted by molar-refractivity contribution is 6.31. The smallest absolute Gasteiger partial charge is 0.276 e. The van der Waals surface area contributed by atoms with E-state index in [1.54, 1.807) is 17.0 Å². The standard InChI is InChI=1S/C13H15ClN2O3/c1-8-6-9(14)7-10-11(8)15-12(17)13(10,18)16-2-4-19-5-3-16/h6-7,18H,2-5H2,1H3,(H,15,17). The lowest BCUT2D eigenvalue weighted by atomic mass is 9.99. The minimum atomic E-state index is -1.64. The third kappa shape index (κ3) is 1.85. The van der Waals surface area contributed by atoms with Crippen molar-refractivity contribution in [3.63, 3.8) is 0 Å².